The first-order valence-corrected chi connectivity index (χ1v) is 7.93. The molecule has 0 aromatic carbocycles. The normalized spacial score (nSPS) is 18.8. The van der Waals surface area contributed by atoms with E-state index in [-0.39, 0.29) is 5.91 Å². The summed E-state index contributed by atoms with van der Waals surface area (Å²) in [5.74, 6) is 1.07. The third kappa shape index (κ3) is 3.92. The average Bonchev–Trinajstić information content (AvgIpc) is 2.95. The highest BCUT2D eigenvalue weighted by Gasteiger charge is 2.25. The SMILES string of the molecule is CC(=O)Nc1cn[nH]c1C1CCCN(Cc2ccnc(C)n2)C1. The number of aromatic amines is 1. The Morgan fingerprint density at radius 2 is 2.39 bits per heavy atom. The molecule has 2 aromatic rings. The molecular weight excluding hydrogens is 292 g/mol. The summed E-state index contributed by atoms with van der Waals surface area (Å²) in [4.78, 5) is 22.3. The molecule has 3 heterocycles. The maximum Gasteiger partial charge on any atom is 0.221 e. The van der Waals surface area contributed by atoms with Crippen molar-refractivity contribution in [3.05, 3.63) is 35.7 Å². The fourth-order valence-electron chi connectivity index (χ4n) is 3.15. The highest BCUT2D eigenvalue weighted by molar-refractivity contribution is 5.89. The van der Waals surface area contributed by atoms with Crippen molar-refractivity contribution < 1.29 is 4.79 Å². The zero-order valence-corrected chi connectivity index (χ0v) is 13.5. The Kier molecular flexibility index (Phi) is 4.66. The van der Waals surface area contributed by atoms with E-state index in [1.165, 1.54) is 6.92 Å². The van der Waals surface area contributed by atoms with Crippen LogP contribution in [0, 0.1) is 6.92 Å². The number of hydrogen-bond acceptors (Lipinski definition) is 5. The number of hydrogen-bond donors (Lipinski definition) is 2. The molecule has 1 aliphatic rings. The molecule has 2 N–H and O–H groups in total. The van der Waals surface area contributed by atoms with E-state index < -0.39 is 0 Å². The average molecular weight is 314 g/mol. The third-order valence-corrected chi connectivity index (χ3v) is 4.11. The summed E-state index contributed by atoms with van der Waals surface area (Å²) in [6, 6.07) is 1.97. The van der Waals surface area contributed by atoms with Gasteiger partial charge in [-0.05, 0) is 32.4 Å². The number of aryl methyl sites for hydroxylation is 1. The molecule has 7 heteroatoms. The van der Waals surface area contributed by atoms with Crippen LogP contribution in [0.25, 0.3) is 0 Å². The van der Waals surface area contributed by atoms with E-state index >= 15 is 0 Å². The standard InChI is InChI=1S/C16H22N6O/c1-11-17-6-5-14(19-11)10-22-7-3-4-13(9-22)16-15(8-18-21-16)20-12(2)23/h5-6,8,13H,3-4,7,9-10H2,1-2H3,(H,18,21)(H,20,23). The Bertz CT molecular complexity index is 683. The van der Waals surface area contributed by atoms with Crippen LogP contribution in [0.2, 0.25) is 0 Å². The van der Waals surface area contributed by atoms with Gasteiger partial charge >= 0.3 is 0 Å². The summed E-state index contributed by atoms with van der Waals surface area (Å²) in [5, 5.41) is 10.0. The van der Waals surface area contributed by atoms with Crippen LogP contribution in [-0.2, 0) is 11.3 Å². The van der Waals surface area contributed by atoms with E-state index in [2.05, 4.69) is 30.4 Å². The second-order valence-corrected chi connectivity index (χ2v) is 6.05. The van der Waals surface area contributed by atoms with Crippen molar-refractivity contribution in [2.24, 2.45) is 0 Å². The molecule has 2 aromatic heterocycles. The molecule has 1 amide bonds. The fraction of sp³-hybridized carbons (Fsp3) is 0.500. The minimum Gasteiger partial charge on any atom is -0.323 e. The lowest BCUT2D eigenvalue weighted by molar-refractivity contribution is -0.114. The number of nitrogens with zero attached hydrogens (tertiary/aromatic N) is 4. The van der Waals surface area contributed by atoms with Gasteiger partial charge in [-0.15, -0.1) is 0 Å². The Balaban J connectivity index is 1.69. The number of amides is 1. The number of nitrogens with one attached hydrogen (secondary N) is 2. The molecule has 122 valence electrons. The van der Waals surface area contributed by atoms with Gasteiger partial charge in [0.25, 0.3) is 0 Å². The number of H-pyrrole nitrogens is 1. The minimum atomic E-state index is -0.0724. The van der Waals surface area contributed by atoms with Gasteiger partial charge in [0, 0.05) is 32.1 Å². The summed E-state index contributed by atoms with van der Waals surface area (Å²) in [5.41, 5.74) is 2.86. The predicted octanol–water partition coefficient (Wildman–Crippen LogP) is 1.85. The Morgan fingerprint density at radius 1 is 1.52 bits per heavy atom. The number of carbonyl (C=O) groups is 1. The predicted molar refractivity (Wildman–Crippen MR) is 86.9 cm³/mol. The first kappa shape index (κ1) is 15.6. The van der Waals surface area contributed by atoms with Crippen LogP contribution >= 0.6 is 0 Å². The lowest BCUT2D eigenvalue weighted by Gasteiger charge is -2.32. The summed E-state index contributed by atoms with van der Waals surface area (Å²) in [6.45, 7) is 6.23. The largest absolute Gasteiger partial charge is 0.323 e. The highest BCUT2D eigenvalue weighted by Crippen LogP contribution is 2.30. The van der Waals surface area contributed by atoms with Crippen molar-refractivity contribution in [1.82, 2.24) is 25.1 Å². The molecule has 1 fully saturated rings. The molecule has 0 radical (unpaired) electrons. The Morgan fingerprint density at radius 3 is 3.17 bits per heavy atom. The first-order valence-electron chi connectivity index (χ1n) is 7.93. The van der Waals surface area contributed by atoms with Gasteiger partial charge in [-0.2, -0.15) is 5.10 Å². The van der Waals surface area contributed by atoms with Gasteiger partial charge in [0.15, 0.2) is 0 Å². The first-order chi connectivity index (χ1) is 11.1. The maximum absolute atomic E-state index is 11.3. The molecule has 0 spiro atoms. The molecule has 1 saturated heterocycles. The summed E-state index contributed by atoms with van der Waals surface area (Å²) < 4.78 is 0. The third-order valence-electron chi connectivity index (χ3n) is 4.11. The van der Waals surface area contributed by atoms with E-state index in [1.54, 1.807) is 6.20 Å². The van der Waals surface area contributed by atoms with Crippen molar-refractivity contribution in [2.45, 2.75) is 39.2 Å². The van der Waals surface area contributed by atoms with Gasteiger partial charge in [0.05, 0.1) is 23.3 Å². The van der Waals surface area contributed by atoms with Crippen LogP contribution in [0.3, 0.4) is 0 Å². The molecular formula is C16H22N6O. The molecule has 0 saturated carbocycles. The van der Waals surface area contributed by atoms with Crippen LogP contribution in [-0.4, -0.2) is 44.1 Å². The summed E-state index contributed by atoms with van der Waals surface area (Å²) in [7, 11) is 0. The maximum atomic E-state index is 11.3. The number of piperidine rings is 1. The second-order valence-electron chi connectivity index (χ2n) is 6.05. The van der Waals surface area contributed by atoms with Crippen molar-refractivity contribution >= 4 is 11.6 Å². The van der Waals surface area contributed by atoms with Crippen LogP contribution in [0.15, 0.2) is 18.5 Å². The van der Waals surface area contributed by atoms with Crippen LogP contribution in [0.1, 0.15) is 42.9 Å². The number of rotatable bonds is 4. The number of anilines is 1. The molecule has 1 unspecified atom stereocenters. The van der Waals surface area contributed by atoms with Crippen LogP contribution in [0.4, 0.5) is 5.69 Å². The molecule has 0 aliphatic carbocycles. The Labute approximate surface area is 135 Å². The monoisotopic (exact) mass is 314 g/mol. The van der Waals surface area contributed by atoms with Crippen molar-refractivity contribution in [3.63, 3.8) is 0 Å². The Hall–Kier alpha value is -2.28. The van der Waals surface area contributed by atoms with Gasteiger partial charge in [-0.3, -0.25) is 14.8 Å². The molecule has 23 heavy (non-hydrogen) atoms. The van der Waals surface area contributed by atoms with E-state index in [0.29, 0.717) is 5.92 Å². The summed E-state index contributed by atoms with van der Waals surface area (Å²) >= 11 is 0. The van der Waals surface area contributed by atoms with E-state index in [9.17, 15) is 4.79 Å². The highest BCUT2D eigenvalue weighted by atomic mass is 16.1. The van der Waals surface area contributed by atoms with Gasteiger partial charge in [0.1, 0.15) is 5.82 Å². The number of carbonyl (C=O) groups excluding carboxylic acids is 1. The minimum absolute atomic E-state index is 0.0724. The van der Waals surface area contributed by atoms with Crippen molar-refractivity contribution in [1.29, 1.82) is 0 Å². The molecule has 3 rings (SSSR count). The summed E-state index contributed by atoms with van der Waals surface area (Å²) in [6.07, 6.45) is 5.70. The zero-order valence-electron chi connectivity index (χ0n) is 13.5. The second kappa shape index (κ2) is 6.87. The molecule has 1 atom stereocenters. The van der Waals surface area contributed by atoms with Crippen molar-refractivity contribution in [3.8, 4) is 0 Å². The molecule has 7 nitrogen and oxygen atoms in total. The molecule has 0 bridgehead atoms. The van der Waals surface area contributed by atoms with Gasteiger partial charge < -0.3 is 5.32 Å². The number of aromatic nitrogens is 4. The number of likely N-dealkylation sites (tertiary alicyclic amines) is 1. The zero-order chi connectivity index (χ0) is 16.2. The lowest BCUT2D eigenvalue weighted by atomic mass is 9.94. The lowest BCUT2D eigenvalue weighted by Crippen LogP contribution is -2.34. The van der Waals surface area contributed by atoms with Crippen molar-refractivity contribution in [2.75, 3.05) is 18.4 Å². The van der Waals surface area contributed by atoms with E-state index in [0.717, 1.165) is 55.4 Å². The smallest absolute Gasteiger partial charge is 0.221 e. The quantitative estimate of drug-likeness (QED) is 0.899. The van der Waals surface area contributed by atoms with E-state index in [1.807, 2.05) is 19.2 Å². The van der Waals surface area contributed by atoms with Gasteiger partial charge in [-0.1, -0.05) is 0 Å². The van der Waals surface area contributed by atoms with Crippen LogP contribution in [0.5, 0.6) is 0 Å². The van der Waals surface area contributed by atoms with Crippen LogP contribution < -0.4 is 5.32 Å². The van der Waals surface area contributed by atoms with Gasteiger partial charge in [-0.25, -0.2) is 9.97 Å². The van der Waals surface area contributed by atoms with E-state index in [4.69, 9.17) is 0 Å². The van der Waals surface area contributed by atoms with Gasteiger partial charge in [0.2, 0.25) is 5.91 Å². The topological polar surface area (TPSA) is 86.8 Å². The fourth-order valence-corrected chi connectivity index (χ4v) is 3.15. The molecule has 1 aliphatic heterocycles.